The Morgan fingerprint density at radius 2 is 1.84 bits per heavy atom. The van der Waals surface area contributed by atoms with Crippen LogP contribution in [0.1, 0.15) is 15.2 Å². The van der Waals surface area contributed by atoms with Crippen molar-refractivity contribution in [3.8, 4) is 11.1 Å². The molecule has 3 rings (SSSR count). The molecule has 0 saturated carbocycles. The van der Waals surface area contributed by atoms with Gasteiger partial charge in [-0.2, -0.15) is 0 Å². The van der Waals surface area contributed by atoms with Gasteiger partial charge in [0.1, 0.15) is 4.88 Å². The molecule has 0 bridgehead atoms. The zero-order chi connectivity index (χ0) is 18.0. The number of thiophene rings is 1. The smallest absolute Gasteiger partial charge is 0.348 e. The van der Waals surface area contributed by atoms with Crippen LogP contribution >= 0.6 is 11.3 Å². The van der Waals surface area contributed by atoms with Crippen molar-refractivity contribution in [2.75, 3.05) is 4.72 Å². The Morgan fingerprint density at radius 1 is 1.08 bits per heavy atom. The summed E-state index contributed by atoms with van der Waals surface area (Å²) >= 11 is 0.969. The number of nitrogens with one attached hydrogen (secondary N) is 1. The number of aryl methyl sites for hydroxylation is 1. The highest BCUT2D eigenvalue weighted by Crippen LogP contribution is 2.28. The second kappa shape index (κ2) is 6.70. The molecule has 0 aliphatic rings. The van der Waals surface area contributed by atoms with Crippen molar-refractivity contribution >= 4 is 33.0 Å². The largest absolute Gasteiger partial charge is 0.477 e. The number of hydrogen-bond donors (Lipinski definition) is 2. The van der Waals surface area contributed by atoms with Gasteiger partial charge >= 0.3 is 5.97 Å². The number of anilines is 1. The topological polar surface area (TPSA) is 83.5 Å². The molecule has 5 nitrogen and oxygen atoms in total. The van der Waals surface area contributed by atoms with Crippen molar-refractivity contribution in [3.05, 3.63) is 70.4 Å². The first-order valence-corrected chi connectivity index (χ1v) is 9.74. The van der Waals surface area contributed by atoms with Crippen LogP contribution in [0.4, 0.5) is 5.69 Å². The average molecular weight is 373 g/mol. The molecular weight excluding hydrogens is 358 g/mol. The third-order valence-electron chi connectivity index (χ3n) is 3.70. The minimum atomic E-state index is -3.89. The maximum absolute atomic E-state index is 12.6. The first-order valence-electron chi connectivity index (χ1n) is 7.38. The number of hydrogen-bond acceptors (Lipinski definition) is 4. The van der Waals surface area contributed by atoms with Crippen LogP contribution in [0.2, 0.25) is 0 Å². The summed E-state index contributed by atoms with van der Waals surface area (Å²) in [6.07, 6.45) is 0. The molecule has 3 aromatic rings. The quantitative estimate of drug-likeness (QED) is 0.701. The number of rotatable bonds is 5. The van der Waals surface area contributed by atoms with Gasteiger partial charge in [0.15, 0.2) is 0 Å². The van der Waals surface area contributed by atoms with Crippen molar-refractivity contribution < 1.29 is 18.3 Å². The summed E-state index contributed by atoms with van der Waals surface area (Å²) in [5, 5.41) is 10.7. The minimum Gasteiger partial charge on any atom is -0.477 e. The summed E-state index contributed by atoms with van der Waals surface area (Å²) in [5.74, 6) is -1.17. The van der Waals surface area contributed by atoms with E-state index < -0.39 is 16.0 Å². The number of carboxylic acid groups (broad SMARTS) is 1. The van der Waals surface area contributed by atoms with Gasteiger partial charge in [-0.25, -0.2) is 13.2 Å². The number of benzene rings is 2. The summed E-state index contributed by atoms with van der Waals surface area (Å²) in [5.41, 5.74) is 2.83. The van der Waals surface area contributed by atoms with E-state index in [1.165, 1.54) is 17.5 Å². The van der Waals surface area contributed by atoms with Crippen LogP contribution in [0.5, 0.6) is 0 Å². The first-order chi connectivity index (χ1) is 11.9. The zero-order valence-corrected chi connectivity index (χ0v) is 14.9. The van der Waals surface area contributed by atoms with E-state index >= 15 is 0 Å². The Kier molecular flexibility index (Phi) is 4.61. The van der Waals surface area contributed by atoms with E-state index in [1.807, 2.05) is 37.3 Å². The third-order valence-corrected chi connectivity index (χ3v) is 5.97. The van der Waals surface area contributed by atoms with Gasteiger partial charge in [0.05, 0.1) is 10.6 Å². The molecule has 0 aliphatic carbocycles. The minimum absolute atomic E-state index is 0.0429. The van der Waals surface area contributed by atoms with E-state index in [9.17, 15) is 13.2 Å². The van der Waals surface area contributed by atoms with Crippen LogP contribution in [0.15, 0.2) is 64.9 Å². The van der Waals surface area contributed by atoms with Gasteiger partial charge in [0.25, 0.3) is 10.0 Å². The fraction of sp³-hybridized carbons (Fsp3) is 0.0556. The van der Waals surface area contributed by atoms with Gasteiger partial charge in [-0.3, -0.25) is 4.72 Å². The predicted molar refractivity (Wildman–Crippen MR) is 98.7 cm³/mol. The Morgan fingerprint density at radius 3 is 2.56 bits per heavy atom. The Hall–Kier alpha value is -2.64. The van der Waals surface area contributed by atoms with Crippen LogP contribution in [0.3, 0.4) is 0 Å². The van der Waals surface area contributed by atoms with Crippen LogP contribution in [-0.4, -0.2) is 19.5 Å². The van der Waals surface area contributed by atoms with Crippen LogP contribution < -0.4 is 4.72 Å². The molecule has 1 aromatic heterocycles. The number of aromatic carboxylic acids is 1. The second-order valence-electron chi connectivity index (χ2n) is 5.42. The van der Waals surface area contributed by atoms with Gasteiger partial charge in [0.2, 0.25) is 0 Å². The molecular formula is C18H15NO4S2. The predicted octanol–water partition coefficient (Wildman–Crippen LogP) is 4.22. The number of carboxylic acids is 1. The molecule has 0 amide bonds. The molecule has 0 saturated heterocycles. The summed E-state index contributed by atoms with van der Waals surface area (Å²) < 4.78 is 27.6. The Balaban J connectivity index is 1.98. The molecule has 0 atom stereocenters. The molecule has 0 radical (unpaired) electrons. The Labute approximate surface area is 149 Å². The number of carbonyl (C=O) groups is 1. The van der Waals surface area contributed by atoms with Gasteiger partial charge in [-0.1, -0.05) is 36.4 Å². The lowest BCUT2D eigenvalue weighted by atomic mass is 10.0. The van der Waals surface area contributed by atoms with Crippen molar-refractivity contribution in [1.82, 2.24) is 0 Å². The van der Waals surface area contributed by atoms with E-state index in [0.29, 0.717) is 0 Å². The lowest BCUT2D eigenvalue weighted by Crippen LogP contribution is -2.14. The van der Waals surface area contributed by atoms with Crippen LogP contribution in [-0.2, 0) is 10.0 Å². The van der Waals surface area contributed by atoms with Crippen molar-refractivity contribution in [2.24, 2.45) is 0 Å². The molecule has 0 unspecified atom stereocenters. The van der Waals surface area contributed by atoms with E-state index in [1.54, 1.807) is 12.1 Å². The average Bonchev–Trinajstić information content (AvgIpc) is 3.03. The summed E-state index contributed by atoms with van der Waals surface area (Å²) in [6.45, 7) is 1.96. The second-order valence-corrected chi connectivity index (χ2v) is 8.02. The van der Waals surface area contributed by atoms with E-state index in [-0.39, 0.29) is 15.5 Å². The van der Waals surface area contributed by atoms with Crippen LogP contribution in [0, 0.1) is 6.92 Å². The fourth-order valence-corrected chi connectivity index (χ4v) is 4.36. The molecule has 128 valence electrons. The highest BCUT2D eigenvalue weighted by molar-refractivity contribution is 7.92. The molecule has 7 heteroatoms. The molecule has 2 N–H and O–H groups in total. The lowest BCUT2D eigenvalue weighted by Gasteiger charge is -2.10. The van der Waals surface area contributed by atoms with Crippen molar-refractivity contribution in [3.63, 3.8) is 0 Å². The first kappa shape index (κ1) is 17.2. The van der Waals surface area contributed by atoms with E-state index in [0.717, 1.165) is 28.0 Å². The van der Waals surface area contributed by atoms with E-state index in [4.69, 9.17) is 5.11 Å². The SMILES string of the molecule is Cc1ccccc1-c1cccc(S(=O)(=O)Nc2ccsc2C(=O)O)c1. The van der Waals surface area contributed by atoms with Crippen molar-refractivity contribution in [1.29, 1.82) is 0 Å². The van der Waals surface area contributed by atoms with Gasteiger partial charge in [-0.15, -0.1) is 11.3 Å². The lowest BCUT2D eigenvalue weighted by molar-refractivity contribution is 0.0703. The standard InChI is InChI=1S/C18H15NO4S2/c1-12-5-2-3-8-15(12)13-6-4-7-14(11-13)25(22,23)19-16-9-10-24-17(16)18(20)21/h2-11,19H,1H3,(H,20,21). The molecule has 25 heavy (non-hydrogen) atoms. The third kappa shape index (κ3) is 3.57. The molecule has 0 aliphatic heterocycles. The van der Waals surface area contributed by atoms with Gasteiger partial charge < -0.3 is 5.11 Å². The maximum atomic E-state index is 12.6. The summed E-state index contributed by atoms with van der Waals surface area (Å²) in [7, 11) is -3.89. The monoisotopic (exact) mass is 373 g/mol. The zero-order valence-electron chi connectivity index (χ0n) is 13.3. The van der Waals surface area contributed by atoms with Gasteiger partial charge in [0, 0.05) is 0 Å². The molecule has 2 aromatic carbocycles. The number of sulfonamides is 1. The molecule has 0 fully saturated rings. The normalized spacial score (nSPS) is 11.2. The van der Waals surface area contributed by atoms with Crippen molar-refractivity contribution in [2.45, 2.75) is 11.8 Å². The molecule has 1 heterocycles. The molecule has 0 spiro atoms. The maximum Gasteiger partial charge on any atom is 0.348 e. The summed E-state index contributed by atoms with van der Waals surface area (Å²) in [4.78, 5) is 11.2. The fourth-order valence-electron chi connectivity index (χ4n) is 2.49. The van der Waals surface area contributed by atoms with Gasteiger partial charge in [-0.05, 0) is 47.2 Å². The highest BCUT2D eigenvalue weighted by atomic mass is 32.2. The van der Waals surface area contributed by atoms with E-state index in [2.05, 4.69) is 4.72 Å². The van der Waals surface area contributed by atoms with Crippen LogP contribution in [0.25, 0.3) is 11.1 Å². The highest BCUT2D eigenvalue weighted by Gasteiger charge is 2.20. The Bertz CT molecular complexity index is 1040. The summed E-state index contributed by atoms with van der Waals surface area (Å²) in [6, 6.07) is 15.7.